The summed E-state index contributed by atoms with van der Waals surface area (Å²) in [6, 6.07) is 5.27. The lowest BCUT2D eigenvalue weighted by Gasteiger charge is -2.28. The summed E-state index contributed by atoms with van der Waals surface area (Å²) in [4.78, 5) is 1.91. The molecule has 0 aliphatic rings. The molecule has 0 heterocycles. The topological polar surface area (TPSA) is 12.5 Å². The van der Waals surface area contributed by atoms with Gasteiger partial charge in [0, 0.05) is 25.5 Å². The first kappa shape index (κ1) is 13.5. The molecule has 1 aromatic carbocycles. The molecule has 0 aliphatic carbocycles. The molecule has 0 bridgehead atoms. The van der Waals surface area contributed by atoms with Crippen LogP contribution in [0, 0.1) is 5.82 Å². The smallest absolute Gasteiger partial charge is 0.146 e. The maximum absolute atomic E-state index is 13.8. The van der Waals surface area contributed by atoms with Crippen molar-refractivity contribution in [1.29, 1.82) is 0 Å². The van der Waals surface area contributed by atoms with Crippen molar-refractivity contribution in [2.75, 3.05) is 25.7 Å². The Kier molecular flexibility index (Phi) is 5.22. The van der Waals surface area contributed by atoms with Gasteiger partial charge in [-0.15, -0.1) is 0 Å². The Bertz CT molecular complexity index is 346. The average Bonchev–Trinajstić information content (AvgIpc) is 2.28. The zero-order valence-electron chi connectivity index (χ0n) is 9.84. The number of ether oxygens (including phenoxy) is 1. The van der Waals surface area contributed by atoms with Gasteiger partial charge in [-0.2, -0.15) is 0 Å². The lowest BCUT2D eigenvalue weighted by atomic mass is 10.1. The summed E-state index contributed by atoms with van der Waals surface area (Å²) in [5.74, 6) is -0.192. The summed E-state index contributed by atoms with van der Waals surface area (Å²) in [5, 5.41) is 0.643. The molecule has 1 unspecified atom stereocenters. The van der Waals surface area contributed by atoms with Gasteiger partial charge in [0.2, 0.25) is 0 Å². The molecule has 0 aliphatic heterocycles. The predicted octanol–water partition coefficient (Wildman–Crippen LogP) is 3.19. The summed E-state index contributed by atoms with van der Waals surface area (Å²) in [6.07, 6.45) is 0. The SMILES string of the molecule is COCC(C)N(C)c1c(F)cccc1CBr. The fourth-order valence-electron chi connectivity index (χ4n) is 1.64. The summed E-state index contributed by atoms with van der Waals surface area (Å²) >= 11 is 3.37. The largest absolute Gasteiger partial charge is 0.383 e. The van der Waals surface area contributed by atoms with Crippen LogP contribution >= 0.6 is 15.9 Å². The quantitative estimate of drug-likeness (QED) is 0.772. The first-order valence-electron chi connectivity index (χ1n) is 5.17. The van der Waals surface area contributed by atoms with Gasteiger partial charge in [-0.05, 0) is 18.6 Å². The third-order valence-corrected chi connectivity index (χ3v) is 3.24. The molecule has 0 amide bonds. The zero-order valence-corrected chi connectivity index (χ0v) is 11.4. The third-order valence-electron chi connectivity index (χ3n) is 2.64. The number of alkyl halides is 1. The number of para-hydroxylation sites is 1. The van der Waals surface area contributed by atoms with E-state index in [1.54, 1.807) is 13.2 Å². The van der Waals surface area contributed by atoms with Gasteiger partial charge in [-0.1, -0.05) is 28.1 Å². The second kappa shape index (κ2) is 6.21. The number of halogens is 2. The van der Waals surface area contributed by atoms with E-state index < -0.39 is 0 Å². The Hall–Kier alpha value is -0.610. The molecule has 90 valence electrons. The molecule has 1 aromatic rings. The lowest BCUT2D eigenvalue weighted by molar-refractivity contribution is 0.183. The van der Waals surface area contributed by atoms with E-state index in [2.05, 4.69) is 15.9 Å². The number of rotatable bonds is 5. The summed E-state index contributed by atoms with van der Waals surface area (Å²) < 4.78 is 18.9. The Labute approximate surface area is 105 Å². The van der Waals surface area contributed by atoms with E-state index in [9.17, 15) is 4.39 Å². The minimum absolute atomic E-state index is 0.139. The molecule has 0 spiro atoms. The monoisotopic (exact) mass is 289 g/mol. The van der Waals surface area contributed by atoms with E-state index in [1.807, 2.05) is 24.9 Å². The van der Waals surface area contributed by atoms with Crippen molar-refractivity contribution in [3.63, 3.8) is 0 Å². The molecule has 0 aromatic heterocycles. The normalized spacial score (nSPS) is 12.6. The Morgan fingerprint density at radius 2 is 2.19 bits per heavy atom. The predicted molar refractivity (Wildman–Crippen MR) is 68.8 cm³/mol. The van der Waals surface area contributed by atoms with Crippen LogP contribution in [0.15, 0.2) is 18.2 Å². The van der Waals surface area contributed by atoms with Gasteiger partial charge in [-0.25, -0.2) is 4.39 Å². The van der Waals surface area contributed by atoms with E-state index in [0.717, 1.165) is 5.56 Å². The molecular formula is C12H17BrFNO. The van der Waals surface area contributed by atoms with Crippen LogP contribution in [-0.2, 0) is 10.1 Å². The molecular weight excluding hydrogens is 273 g/mol. The first-order valence-corrected chi connectivity index (χ1v) is 6.29. The van der Waals surface area contributed by atoms with Gasteiger partial charge in [0.1, 0.15) is 5.82 Å². The number of likely N-dealkylation sites (N-methyl/N-ethyl adjacent to an activating group) is 1. The van der Waals surface area contributed by atoms with Crippen LogP contribution in [-0.4, -0.2) is 26.8 Å². The van der Waals surface area contributed by atoms with Crippen molar-refractivity contribution in [2.45, 2.75) is 18.3 Å². The van der Waals surface area contributed by atoms with Crippen LogP contribution in [0.2, 0.25) is 0 Å². The maximum Gasteiger partial charge on any atom is 0.146 e. The Morgan fingerprint density at radius 1 is 1.50 bits per heavy atom. The molecule has 0 fully saturated rings. The molecule has 4 heteroatoms. The average molecular weight is 290 g/mol. The van der Waals surface area contributed by atoms with Gasteiger partial charge < -0.3 is 9.64 Å². The number of nitrogens with zero attached hydrogens (tertiary/aromatic N) is 1. The van der Waals surface area contributed by atoms with E-state index in [-0.39, 0.29) is 11.9 Å². The number of anilines is 1. The molecule has 0 N–H and O–H groups in total. The van der Waals surface area contributed by atoms with Crippen molar-refractivity contribution in [3.8, 4) is 0 Å². The summed E-state index contributed by atoms with van der Waals surface area (Å²) in [6.45, 7) is 2.58. The van der Waals surface area contributed by atoms with E-state index in [4.69, 9.17) is 4.74 Å². The molecule has 0 saturated heterocycles. The van der Waals surface area contributed by atoms with Gasteiger partial charge in [0.05, 0.1) is 12.3 Å². The molecule has 2 nitrogen and oxygen atoms in total. The van der Waals surface area contributed by atoms with Crippen molar-refractivity contribution < 1.29 is 9.13 Å². The van der Waals surface area contributed by atoms with Crippen molar-refractivity contribution in [2.24, 2.45) is 0 Å². The van der Waals surface area contributed by atoms with Crippen LogP contribution in [0.25, 0.3) is 0 Å². The molecule has 1 rings (SSSR count). The van der Waals surface area contributed by atoms with Crippen LogP contribution in [0.3, 0.4) is 0 Å². The van der Waals surface area contributed by atoms with E-state index >= 15 is 0 Å². The van der Waals surface area contributed by atoms with Crippen LogP contribution in [0.5, 0.6) is 0 Å². The number of benzene rings is 1. The van der Waals surface area contributed by atoms with Gasteiger partial charge in [-0.3, -0.25) is 0 Å². The molecule has 1 atom stereocenters. The minimum atomic E-state index is -0.192. The van der Waals surface area contributed by atoms with E-state index in [0.29, 0.717) is 17.6 Å². The Morgan fingerprint density at radius 3 is 2.75 bits per heavy atom. The second-order valence-electron chi connectivity index (χ2n) is 3.80. The highest BCUT2D eigenvalue weighted by Gasteiger charge is 2.16. The van der Waals surface area contributed by atoms with Crippen molar-refractivity contribution in [1.82, 2.24) is 0 Å². The second-order valence-corrected chi connectivity index (χ2v) is 4.36. The zero-order chi connectivity index (χ0) is 12.1. The van der Waals surface area contributed by atoms with Gasteiger partial charge >= 0.3 is 0 Å². The van der Waals surface area contributed by atoms with Crippen LogP contribution in [0.4, 0.5) is 10.1 Å². The number of methoxy groups -OCH3 is 1. The number of hydrogen-bond acceptors (Lipinski definition) is 2. The van der Waals surface area contributed by atoms with Crippen molar-refractivity contribution in [3.05, 3.63) is 29.6 Å². The van der Waals surface area contributed by atoms with E-state index in [1.165, 1.54) is 6.07 Å². The summed E-state index contributed by atoms with van der Waals surface area (Å²) in [5.41, 5.74) is 1.59. The third kappa shape index (κ3) is 2.95. The fourth-order valence-corrected chi connectivity index (χ4v) is 2.09. The Balaban J connectivity index is 3.01. The highest BCUT2D eigenvalue weighted by Crippen LogP contribution is 2.26. The number of hydrogen-bond donors (Lipinski definition) is 0. The summed E-state index contributed by atoms with van der Waals surface area (Å²) in [7, 11) is 3.53. The van der Waals surface area contributed by atoms with Crippen LogP contribution < -0.4 is 4.90 Å². The lowest BCUT2D eigenvalue weighted by Crippen LogP contribution is -2.33. The standard InChI is InChI=1S/C12H17BrFNO/c1-9(8-16-3)15(2)12-10(7-13)5-4-6-11(12)14/h4-6,9H,7-8H2,1-3H3. The van der Waals surface area contributed by atoms with Gasteiger partial charge in [0.15, 0.2) is 0 Å². The molecule has 0 radical (unpaired) electrons. The van der Waals surface area contributed by atoms with Gasteiger partial charge in [0.25, 0.3) is 0 Å². The highest BCUT2D eigenvalue weighted by molar-refractivity contribution is 9.08. The fraction of sp³-hybridized carbons (Fsp3) is 0.500. The highest BCUT2D eigenvalue weighted by atomic mass is 79.9. The van der Waals surface area contributed by atoms with Crippen molar-refractivity contribution >= 4 is 21.6 Å². The van der Waals surface area contributed by atoms with Crippen LogP contribution in [0.1, 0.15) is 12.5 Å². The minimum Gasteiger partial charge on any atom is -0.383 e. The molecule has 16 heavy (non-hydrogen) atoms. The molecule has 0 saturated carbocycles. The first-order chi connectivity index (χ1) is 7.61. The maximum atomic E-state index is 13.8.